The van der Waals surface area contributed by atoms with Crippen LogP contribution in [0.2, 0.25) is 5.02 Å². The van der Waals surface area contributed by atoms with Crippen LogP contribution in [-0.4, -0.2) is 11.5 Å². The van der Waals surface area contributed by atoms with E-state index in [9.17, 15) is 0 Å². The molecule has 1 aliphatic rings. The maximum absolute atomic E-state index is 8.93. The molecule has 4 rings (SSSR count). The minimum absolute atomic E-state index is 0.127. The van der Waals surface area contributed by atoms with Crippen LogP contribution in [0.25, 0.3) is 10.9 Å². The van der Waals surface area contributed by atoms with Crippen molar-refractivity contribution in [3.63, 3.8) is 0 Å². The Hall–Kier alpha value is -2.28. The Morgan fingerprint density at radius 2 is 1.95 bits per heavy atom. The van der Waals surface area contributed by atoms with Crippen molar-refractivity contribution in [1.82, 2.24) is 10.3 Å². The molecule has 3 nitrogen and oxygen atoms in total. The molecular weight excluding hydrogens is 294 g/mol. The van der Waals surface area contributed by atoms with Crippen LogP contribution in [0.3, 0.4) is 0 Å². The van der Waals surface area contributed by atoms with Crippen molar-refractivity contribution in [2.24, 2.45) is 0 Å². The Balaban J connectivity index is 1.84. The quantitative estimate of drug-likeness (QED) is 0.715. The molecule has 4 heteroatoms. The van der Waals surface area contributed by atoms with Crippen LogP contribution in [-0.2, 0) is 6.42 Å². The van der Waals surface area contributed by atoms with Crippen molar-refractivity contribution < 1.29 is 0 Å². The van der Waals surface area contributed by atoms with Gasteiger partial charge in [-0.05, 0) is 47.9 Å². The van der Waals surface area contributed by atoms with Gasteiger partial charge in [-0.25, -0.2) is 0 Å². The molecule has 2 aromatic carbocycles. The fraction of sp³-hybridized carbons (Fsp3) is 0.167. The average molecular weight is 308 g/mol. The summed E-state index contributed by atoms with van der Waals surface area (Å²) in [5, 5.41) is 14.5. The van der Waals surface area contributed by atoms with Crippen LogP contribution in [0, 0.1) is 11.3 Å². The summed E-state index contributed by atoms with van der Waals surface area (Å²) in [4.78, 5) is 3.53. The van der Waals surface area contributed by atoms with Crippen LogP contribution in [0.4, 0.5) is 0 Å². The summed E-state index contributed by atoms with van der Waals surface area (Å²) in [5.41, 5.74) is 5.51. The number of fused-ring (bicyclic) bond motifs is 3. The summed E-state index contributed by atoms with van der Waals surface area (Å²) in [6.45, 7) is 0.928. The lowest BCUT2D eigenvalue weighted by Gasteiger charge is -2.24. The predicted octanol–water partition coefficient (Wildman–Crippen LogP) is 3.93. The number of nitrogens with one attached hydrogen (secondary N) is 2. The second-order valence-electron chi connectivity index (χ2n) is 5.58. The number of aromatic amines is 1. The molecule has 3 aromatic rings. The molecule has 1 aromatic heterocycles. The van der Waals surface area contributed by atoms with E-state index in [-0.39, 0.29) is 6.04 Å². The van der Waals surface area contributed by atoms with E-state index in [1.807, 2.05) is 42.5 Å². The van der Waals surface area contributed by atoms with E-state index in [1.165, 1.54) is 16.6 Å². The molecule has 2 heterocycles. The van der Waals surface area contributed by atoms with Gasteiger partial charge < -0.3 is 10.3 Å². The second-order valence-corrected chi connectivity index (χ2v) is 6.01. The largest absolute Gasteiger partial charge is 0.357 e. The van der Waals surface area contributed by atoms with Crippen molar-refractivity contribution in [3.8, 4) is 6.07 Å². The first kappa shape index (κ1) is 13.4. The minimum atomic E-state index is 0.127. The van der Waals surface area contributed by atoms with E-state index >= 15 is 0 Å². The van der Waals surface area contributed by atoms with Crippen molar-refractivity contribution in [3.05, 3.63) is 69.9 Å². The van der Waals surface area contributed by atoms with Gasteiger partial charge in [-0.15, -0.1) is 0 Å². The maximum Gasteiger partial charge on any atom is 0.0991 e. The lowest BCUT2D eigenvalue weighted by molar-refractivity contribution is 0.560. The van der Waals surface area contributed by atoms with Crippen LogP contribution in [0.15, 0.2) is 42.5 Å². The zero-order chi connectivity index (χ0) is 15.1. The van der Waals surface area contributed by atoms with Crippen molar-refractivity contribution >= 4 is 22.5 Å². The van der Waals surface area contributed by atoms with Gasteiger partial charge in [-0.3, -0.25) is 0 Å². The number of nitrogens with zero attached hydrogens (tertiary/aromatic N) is 1. The number of benzene rings is 2. The third-order valence-electron chi connectivity index (χ3n) is 4.29. The van der Waals surface area contributed by atoms with Crippen LogP contribution in [0.5, 0.6) is 0 Å². The van der Waals surface area contributed by atoms with Gasteiger partial charge in [0.15, 0.2) is 0 Å². The molecule has 0 bridgehead atoms. The molecule has 0 saturated heterocycles. The lowest BCUT2D eigenvalue weighted by atomic mass is 9.94. The first-order valence-corrected chi connectivity index (χ1v) is 7.67. The summed E-state index contributed by atoms with van der Waals surface area (Å²) in [6.07, 6.45) is 0.989. The normalized spacial score (nSPS) is 17.2. The molecule has 1 unspecified atom stereocenters. The summed E-state index contributed by atoms with van der Waals surface area (Å²) in [6, 6.07) is 16.0. The zero-order valence-corrected chi connectivity index (χ0v) is 12.6. The van der Waals surface area contributed by atoms with Crippen LogP contribution >= 0.6 is 11.6 Å². The predicted molar refractivity (Wildman–Crippen MR) is 88.0 cm³/mol. The summed E-state index contributed by atoms with van der Waals surface area (Å²) < 4.78 is 0. The van der Waals surface area contributed by atoms with Crippen LogP contribution < -0.4 is 5.32 Å². The lowest BCUT2D eigenvalue weighted by Crippen LogP contribution is -2.30. The highest BCUT2D eigenvalue weighted by atomic mass is 35.5. The topological polar surface area (TPSA) is 51.6 Å². The number of hydrogen-bond donors (Lipinski definition) is 2. The Labute approximate surface area is 133 Å². The zero-order valence-electron chi connectivity index (χ0n) is 11.9. The Kier molecular flexibility index (Phi) is 3.15. The van der Waals surface area contributed by atoms with E-state index in [4.69, 9.17) is 16.9 Å². The van der Waals surface area contributed by atoms with E-state index in [1.54, 1.807) is 0 Å². The SMILES string of the molecule is N#Cc1ccc(C2NCCc3c2[nH]c2ccc(Cl)cc32)cc1. The molecule has 1 atom stereocenters. The summed E-state index contributed by atoms with van der Waals surface area (Å²) in [7, 11) is 0. The highest BCUT2D eigenvalue weighted by Gasteiger charge is 2.25. The minimum Gasteiger partial charge on any atom is -0.357 e. The van der Waals surface area contributed by atoms with Gasteiger partial charge in [-0.2, -0.15) is 5.26 Å². The number of halogens is 1. The monoisotopic (exact) mass is 307 g/mol. The number of H-pyrrole nitrogens is 1. The molecule has 0 aliphatic carbocycles. The van der Waals surface area contributed by atoms with Crippen molar-refractivity contribution in [2.75, 3.05) is 6.54 Å². The highest BCUT2D eigenvalue weighted by Crippen LogP contribution is 2.34. The molecule has 0 saturated carbocycles. The van der Waals surface area contributed by atoms with Crippen LogP contribution in [0.1, 0.15) is 28.4 Å². The number of hydrogen-bond acceptors (Lipinski definition) is 2. The molecule has 0 radical (unpaired) electrons. The molecule has 2 N–H and O–H groups in total. The molecule has 0 spiro atoms. The molecule has 1 aliphatic heterocycles. The third-order valence-corrected chi connectivity index (χ3v) is 4.52. The smallest absolute Gasteiger partial charge is 0.0991 e. The summed E-state index contributed by atoms with van der Waals surface area (Å²) in [5.74, 6) is 0. The average Bonchev–Trinajstić information content (AvgIpc) is 2.93. The Morgan fingerprint density at radius 3 is 2.73 bits per heavy atom. The summed E-state index contributed by atoms with van der Waals surface area (Å²) >= 11 is 6.14. The van der Waals surface area contributed by atoms with E-state index < -0.39 is 0 Å². The van der Waals surface area contributed by atoms with Crippen molar-refractivity contribution in [2.45, 2.75) is 12.5 Å². The maximum atomic E-state index is 8.93. The first-order valence-electron chi connectivity index (χ1n) is 7.30. The third kappa shape index (κ3) is 2.09. The highest BCUT2D eigenvalue weighted by molar-refractivity contribution is 6.31. The first-order chi connectivity index (χ1) is 10.8. The fourth-order valence-corrected chi connectivity index (χ4v) is 3.41. The van der Waals surface area contributed by atoms with E-state index in [2.05, 4.69) is 16.4 Å². The van der Waals surface area contributed by atoms with Gasteiger partial charge in [0.2, 0.25) is 0 Å². The number of aromatic nitrogens is 1. The molecule has 0 amide bonds. The molecule has 22 heavy (non-hydrogen) atoms. The van der Waals surface area contributed by atoms with Gasteiger partial charge >= 0.3 is 0 Å². The van der Waals surface area contributed by atoms with Gasteiger partial charge in [0.25, 0.3) is 0 Å². The van der Waals surface area contributed by atoms with Gasteiger partial charge in [0.05, 0.1) is 17.7 Å². The number of nitriles is 1. The van der Waals surface area contributed by atoms with Gasteiger partial charge in [-0.1, -0.05) is 23.7 Å². The van der Waals surface area contributed by atoms with Gasteiger partial charge in [0.1, 0.15) is 0 Å². The Morgan fingerprint density at radius 1 is 1.14 bits per heavy atom. The van der Waals surface area contributed by atoms with Crippen molar-refractivity contribution in [1.29, 1.82) is 5.26 Å². The molecule has 108 valence electrons. The standard InChI is InChI=1S/C18H14ClN3/c19-13-5-6-16-15(9-13)14-7-8-21-17(18(14)22-16)12-3-1-11(10-20)2-4-12/h1-6,9,17,21-22H,7-8H2. The Bertz CT molecular complexity index is 887. The van der Waals surface area contributed by atoms with E-state index in [0.29, 0.717) is 5.56 Å². The molecule has 0 fully saturated rings. The van der Waals surface area contributed by atoms with E-state index in [0.717, 1.165) is 29.1 Å². The number of rotatable bonds is 1. The second kappa shape index (κ2) is 5.17. The molecular formula is C18H14ClN3. The van der Waals surface area contributed by atoms with Gasteiger partial charge in [0, 0.05) is 28.2 Å². The fourth-order valence-electron chi connectivity index (χ4n) is 3.23.